The molecule has 0 aromatic carbocycles. The Kier molecular flexibility index (Phi) is 7.48. The van der Waals surface area contributed by atoms with Crippen LogP contribution in [0.25, 0.3) is 0 Å². The van der Waals surface area contributed by atoms with Gasteiger partial charge in [0.1, 0.15) is 0 Å². The summed E-state index contributed by atoms with van der Waals surface area (Å²) in [6.45, 7) is 3.52. The normalized spacial score (nSPS) is 16.1. The summed E-state index contributed by atoms with van der Waals surface area (Å²) in [6.07, 6.45) is -19.7. The summed E-state index contributed by atoms with van der Waals surface area (Å²) in [5, 5.41) is 0. The third kappa shape index (κ3) is 5.09. The molecule has 0 aliphatic rings. The summed E-state index contributed by atoms with van der Waals surface area (Å²) in [7, 11) is 0. The minimum atomic E-state index is -6.66. The van der Waals surface area contributed by atoms with E-state index in [0.29, 0.717) is 0 Å². The van der Waals surface area contributed by atoms with Crippen molar-refractivity contribution in [2.45, 2.75) is 62.2 Å². The second-order valence-corrected chi connectivity index (χ2v) is 5.58. The van der Waals surface area contributed by atoms with Gasteiger partial charge in [0.2, 0.25) is 0 Å². The van der Waals surface area contributed by atoms with Gasteiger partial charge in [-0.1, -0.05) is 13.5 Å². The fourth-order valence-electron chi connectivity index (χ4n) is 1.90. The third-order valence-electron chi connectivity index (χ3n) is 3.73. The topological polar surface area (TPSA) is 0 Å². The number of alkyl halides is 10. The number of halogens is 13. The van der Waals surface area contributed by atoms with Gasteiger partial charge in [-0.15, -0.1) is 0 Å². The van der Waals surface area contributed by atoms with Crippen molar-refractivity contribution in [3.8, 4) is 0 Å². The Morgan fingerprint density at radius 3 is 1.52 bits per heavy atom. The van der Waals surface area contributed by atoms with Crippen molar-refractivity contribution in [3.63, 3.8) is 0 Å². The average Bonchev–Trinajstić information content (AvgIpc) is 2.49. The van der Waals surface area contributed by atoms with E-state index in [1.165, 1.54) is 0 Å². The Hall–Kier alpha value is -1.43. The highest BCUT2D eigenvalue weighted by Gasteiger charge is 2.72. The first-order valence-corrected chi connectivity index (χ1v) is 7.04. The molecule has 13 heteroatoms. The smallest absolute Gasteiger partial charge is 0.227 e. The highest BCUT2D eigenvalue weighted by atomic mass is 19.4. The fourth-order valence-corrected chi connectivity index (χ4v) is 1.90. The maximum atomic E-state index is 14.0. The van der Waals surface area contributed by atoms with E-state index < -0.39 is 72.8 Å². The summed E-state index contributed by atoms with van der Waals surface area (Å²) in [6, 6.07) is 0. The lowest BCUT2D eigenvalue weighted by Gasteiger charge is -2.36. The summed E-state index contributed by atoms with van der Waals surface area (Å²) in [5.74, 6) is -19.7. The maximum Gasteiger partial charge on any atom is 0.428 e. The van der Waals surface area contributed by atoms with Crippen molar-refractivity contribution < 1.29 is 57.1 Å². The molecule has 0 rings (SSSR count). The van der Waals surface area contributed by atoms with E-state index in [0.717, 1.165) is 6.92 Å². The molecule has 0 aliphatic heterocycles. The molecule has 0 saturated heterocycles. The fraction of sp³-hybridized carbons (Fsp3) is 0.714. The minimum absolute atomic E-state index is 0.759. The molecule has 0 nitrogen and oxygen atoms in total. The monoisotopic (exact) mass is 428 g/mol. The van der Waals surface area contributed by atoms with E-state index in [4.69, 9.17) is 0 Å². The largest absolute Gasteiger partial charge is 0.428 e. The van der Waals surface area contributed by atoms with Crippen molar-refractivity contribution in [3.05, 3.63) is 24.1 Å². The Labute approximate surface area is 144 Å². The second kappa shape index (κ2) is 7.90. The molecule has 0 fully saturated rings. The van der Waals surface area contributed by atoms with Gasteiger partial charge in [-0.25, -0.2) is 17.6 Å². The lowest BCUT2D eigenvalue weighted by molar-refractivity contribution is -0.310. The van der Waals surface area contributed by atoms with Gasteiger partial charge >= 0.3 is 24.1 Å². The zero-order valence-corrected chi connectivity index (χ0v) is 13.4. The molecule has 0 aromatic rings. The van der Waals surface area contributed by atoms with Crippen LogP contribution in [0.5, 0.6) is 0 Å². The van der Waals surface area contributed by atoms with Crippen LogP contribution in [0.2, 0.25) is 0 Å². The van der Waals surface area contributed by atoms with Gasteiger partial charge in [-0.05, 0) is 12.0 Å². The molecule has 0 spiro atoms. The third-order valence-corrected chi connectivity index (χ3v) is 3.73. The van der Waals surface area contributed by atoms with E-state index in [1.807, 2.05) is 0 Å². The zero-order valence-electron chi connectivity index (χ0n) is 13.4. The average molecular weight is 428 g/mol. The highest BCUT2D eigenvalue weighted by molar-refractivity contribution is 5.14. The molecule has 0 radical (unpaired) electrons. The minimum Gasteiger partial charge on any atom is -0.227 e. The SMILES string of the molecule is C=C(CC)C(F)(F)C(F)(F)CCC(F)(C(F)(F)F)C(F)(F)CC(F)=C(F)F. The lowest BCUT2D eigenvalue weighted by Crippen LogP contribution is -2.56. The van der Waals surface area contributed by atoms with Gasteiger partial charge in [0.05, 0.1) is 6.42 Å². The van der Waals surface area contributed by atoms with E-state index in [2.05, 4.69) is 6.58 Å². The van der Waals surface area contributed by atoms with Crippen LogP contribution in [-0.2, 0) is 0 Å². The number of hydrogen-bond acceptors (Lipinski definition) is 0. The van der Waals surface area contributed by atoms with Crippen molar-refractivity contribution in [2.75, 3.05) is 0 Å². The van der Waals surface area contributed by atoms with Gasteiger partial charge in [-0.3, -0.25) is 0 Å². The highest BCUT2D eigenvalue weighted by Crippen LogP contribution is 2.53. The zero-order chi connectivity index (χ0) is 22.1. The molecule has 0 bridgehead atoms. The molecule has 0 saturated carbocycles. The van der Waals surface area contributed by atoms with Crippen LogP contribution in [0.3, 0.4) is 0 Å². The number of allylic oxidation sites excluding steroid dienone is 2. The van der Waals surface area contributed by atoms with Crippen LogP contribution in [-0.4, -0.2) is 29.6 Å². The van der Waals surface area contributed by atoms with Crippen molar-refractivity contribution in [1.82, 2.24) is 0 Å². The molecule has 1 unspecified atom stereocenters. The Morgan fingerprint density at radius 1 is 0.741 bits per heavy atom. The van der Waals surface area contributed by atoms with Gasteiger partial charge in [0.15, 0.2) is 5.83 Å². The van der Waals surface area contributed by atoms with Gasteiger partial charge in [0.25, 0.3) is 11.6 Å². The lowest BCUT2D eigenvalue weighted by atomic mass is 9.86. The van der Waals surface area contributed by atoms with Crippen LogP contribution < -0.4 is 0 Å². The van der Waals surface area contributed by atoms with Crippen molar-refractivity contribution in [1.29, 1.82) is 0 Å². The Bertz CT molecular complexity index is 568. The molecule has 27 heavy (non-hydrogen) atoms. The molecule has 160 valence electrons. The molecule has 1 atom stereocenters. The summed E-state index contributed by atoms with van der Waals surface area (Å²) in [4.78, 5) is 0. The maximum absolute atomic E-state index is 14.0. The second-order valence-electron chi connectivity index (χ2n) is 5.58. The van der Waals surface area contributed by atoms with Gasteiger partial charge in [0, 0.05) is 12.8 Å². The molecule has 0 aromatic heterocycles. The van der Waals surface area contributed by atoms with E-state index in [9.17, 15) is 57.1 Å². The quantitative estimate of drug-likeness (QED) is 0.266. The molecular formula is C14H13F13. The molecular weight excluding hydrogens is 415 g/mol. The van der Waals surface area contributed by atoms with Gasteiger partial charge < -0.3 is 0 Å². The van der Waals surface area contributed by atoms with Crippen molar-refractivity contribution >= 4 is 0 Å². The standard InChI is InChI=1S/C14H13F13/c1-3-7(2)13(23,24)11(19,20)5-4-10(18,14(25,26)27)12(21,22)6-8(15)9(16)17/h2-6H2,1H3. The Morgan fingerprint density at radius 2 is 1.19 bits per heavy atom. The molecule has 0 amide bonds. The van der Waals surface area contributed by atoms with E-state index >= 15 is 0 Å². The first kappa shape index (κ1) is 25.6. The number of rotatable bonds is 9. The van der Waals surface area contributed by atoms with Crippen LogP contribution in [0.15, 0.2) is 24.1 Å². The van der Waals surface area contributed by atoms with Gasteiger partial charge in [-0.2, -0.15) is 39.5 Å². The van der Waals surface area contributed by atoms with Crippen LogP contribution in [0, 0.1) is 0 Å². The predicted molar refractivity (Wildman–Crippen MR) is 68.4 cm³/mol. The number of hydrogen-bond donors (Lipinski definition) is 0. The van der Waals surface area contributed by atoms with Crippen LogP contribution in [0.1, 0.15) is 32.6 Å². The first-order chi connectivity index (χ1) is 11.8. The first-order valence-electron chi connectivity index (χ1n) is 7.04. The van der Waals surface area contributed by atoms with E-state index in [1.54, 1.807) is 0 Å². The van der Waals surface area contributed by atoms with Crippen LogP contribution >= 0.6 is 0 Å². The van der Waals surface area contributed by atoms with E-state index in [-0.39, 0.29) is 0 Å². The summed E-state index contributed by atoms with van der Waals surface area (Å²) in [5.41, 5.74) is -7.43. The molecule has 0 heterocycles. The van der Waals surface area contributed by atoms with Crippen molar-refractivity contribution in [2.24, 2.45) is 0 Å². The van der Waals surface area contributed by atoms with Crippen LogP contribution in [0.4, 0.5) is 57.1 Å². The summed E-state index contributed by atoms with van der Waals surface area (Å²) >= 11 is 0. The molecule has 0 aliphatic carbocycles. The molecule has 0 N–H and O–H groups in total. The summed E-state index contributed by atoms with van der Waals surface area (Å²) < 4.78 is 169. The Balaban J connectivity index is 5.89. The predicted octanol–water partition coefficient (Wildman–Crippen LogP) is 7.38.